The topological polar surface area (TPSA) is 109 Å². The van der Waals surface area contributed by atoms with Gasteiger partial charge in [-0.3, -0.25) is 0 Å². The molecule has 0 radical (unpaired) electrons. The number of anilines is 1. The van der Waals surface area contributed by atoms with Crippen molar-refractivity contribution in [3.8, 4) is 0 Å². The van der Waals surface area contributed by atoms with Crippen molar-refractivity contribution < 1.29 is 18.3 Å². The summed E-state index contributed by atoms with van der Waals surface area (Å²) in [5.41, 5.74) is -0.214. The first-order chi connectivity index (χ1) is 7.88. The van der Waals surface area contributed by atoms with Gasteiger partial charge in [0.2, 0.25) is 10.0 Å². The third-order valence-electron chi connectivity index (χ3n) is 1.97. The Kier molecular flexibility index (Phi) is 3.87. The van der Waals surface area contributed by atoms with Crippen LogP contribution >= 0.6 is 0 Å². The zero-order chi connectivity index (χ0) is 13.1. The maximum absolute atomic E-state index is 11.4. The van der Waals surface area contributed by atoms with Crippen molar-refractivity contribution in [2.45, 2.75) is 4.90 Å². The fraction of sp³-hybridized carbons (Fsp3) is 0.100. The number of hydrogen-bond acceptors (Lipinski definition) is 4. The van der Waals surface area contributed by atoms with Crippen LogP contribution in [-0.4, -0.2) is 26.0 Å². The van der Waals surface area contributed by atoms with Crippen LogP contribution in [0.3, 0.4) is 0 Å². The van der Waals surface area contributed by atoms with Crippen molar-refractivity contribution in [2.24, 2.45) is 5.14 Å². The molecule has 6 nitrogen and oxygen atoms in total. The molecular formula is C10H12N2O4S. The molecule has 0 saturated heterocycles. The molecule has 7 heteroatoms. The standard InChI is InChI=1S/C10H12N2O4S/c1-2-6-12-8-5-3-4-7(10(13)14)9(8)17(11,15)16/h2-5,12H,1,6H2,(H,13,14)(H2,11,15,16). The van der Waals surface area contributed by atoms with E-state index < -0.39 is 20.9 Å². The fourth-order valence-electron chi connectivity index (χ4n) is 1.33. The molecule has 0 saturated carbocycles. The van der Waals surface area contributed by atoms with Gasteiger partial charge in [0.15, 0.2) is 0 Å². The Hall–Kier alpha value is -1.86. The van der Waals surface area contributed by atoms with Crippen LogP contribution in [0.15, 0.2) is 35.7 Å². The molecule has 0 aliphatic heterocycles. The number of primary sulfonamides is 1. The first-order valence-electron chi connectivity index (χ1n) is 4.61. The number of sulfonamides is 1. The van der Waals surface area contributed by atoms with E-state index in [1.54, 1.807) is 0 Å². The highest BCUT2D eigenvalue weighted by Crippen LogP contribution is 2.24. The van der Waals surface area contributed by atoms with Crippen molar-refractivity contribution in [2.75, 3.05) is 11.9 Å². The Morgan fingerprint density at radius 3 is 2.65 bits per heavy atom. The van der Waals surface area contributed by atoms with E-state index in [2.05, 4.69) is 11.9 Å². The number of hydrogen-bond donors (Lipinski definition) is 3. The molecule has 0 aliphatic rings. The van der Waals surface area contributed by atoms with E-state index in [-0.39, 0.29) is 11.3 Å². The third-order valence-corrected chi connectivity index (χ3v) is 2.98. The summed E-state index contributed by atoms with van der Waals surface area (Å²) in [5, 5.41) is 16.6. The van der Waals surface area contributed by atoms with Crippen LogP contribution in [0, 0.1) is 0 Å². The molecule has 0 aliphatic carbocycles. The van der Waals surface area contributed by atoms with Gasteiger partial charge in [0.05, 0.1) is 11.3 Å². The van der Waals surface area contributed by atoms with E-state index >= 15 is 0 Å². The average molecular weight is 256 g/mol. The summed E-state index contributed by atoms with van der Waals surface area (Å²) in [4.78, 5) is 10.5. The maximum Gasteiger partial charge on any atom is 0.337 e. The lowest BCUT2D eigenvalue weighted by Crippen LogP contribution is -2.19. The van der Waals surface area contributed by atoms with Crippen LogP contribution < -0.4 is 10.5 Å². The molecule has 0 atom stereocenters. The van der Waals surface area contributed by atoms with E-state index in [1.165, 1.54) is 24.3 Å². The summed E-state index contributed by atoms with van der Waals surface area (Å²) in [6.07, 6.45) is 1.51. The number of carboxylic acid groups (broad SMARTS) is 1. The van der Waals surface area contributed by atoms with Crippen LogP contribution in [-0.2, 0) is 10.0 Å². The third kappa shape index (κ3) is 3.05. The molecule has 0 amide bonds. The number of carboxylic acids is 1. The molecule has 92 valence electrons. The van der Waals surface area contributed by atoms with Gasteiger partial charge in [0.25, 0.3) is 0 Å². The van der Waals surface area contributed by atoms with Gasteiger partial charge in [0, 0.05) is 6.54 Å². The summed E-state index contributed by atoms with van der Waals surface area (Å²) < 4.78 is 22.8. The summed E-state index contributed by atoms with van der Waals surface area (Å²) in [5.74, 6) is -1.35. The van der Waals surface area contributed by atoms with E-state index in [4.69, 9.17) is 10.2 Å². The molecule has 0 aromatic heterocycles. The second kappa shape index (κ2) is 4.98. The minimum absolute atomic E-state index is 0.146. The lowest BCUT2D eigenvalue weighted by Gasteiger charge is -2.11. The van der Waals surface area contributed by atoms with Gasteiger partial charge in [-0.15, -0.1) is 6.58 Å². The molecule has 4 N–H and O–H groups in total. The molecule has 17 heavy (non-hydrogen) atoms. The Morgan fingerprint density at radius 1 is 1.53 bits per heavy atom. The van der Waals surface area contributed by atoms with E-state index in [9.17, 15) is 13.2 Å². The van der Waals surface area contributed by atoms with Crippen LogP contribution in [0.25, 0.3) is 0 Å². The molecule has 0 spiro atoms. The van der Waals surface area contributed by atoms with Gasteiger partial charge < -0.3 is 10.4 Å². The van der Waals surface area contributed by atoms with Crippen molar-refractivity contribution in [3.05, 3.63) is 36.4 Å². The predicted octanol–water partition coefficient (Wildman–Crippen LogP) is 0.630. The van der Waals surface area contributed by atoms with Crippen molar-refractivity contribution in [3.63, 3.8) is 0 Å². The molecule has 0 unspecified atom stereocenters. The minimum atomic E-state index is -4.12. The maximum atomic E-state index is 11.4. The highest BCUT2D eigenvalue weighted by molar-refractivity contribution is 7.89. The smallest absolute Gasteiger partial charge is 0.337 e. The van der Waals surface area contributed by atoms with Gasteiger partial charge in [-0.05, 0) is 12.1 Å². The SMILES string of the molecule is C=CCNc1cccc(C(=O)O)c1S(N)(=O)=O. The zero-order valence-corrected chi connectivity index (χ0v) is 9.70. The molecule has 1 rings (SSSR count). The molecule has 0 bridgehead atoms. The van der Waals surface area contributed by atoms with Crippen molar-refractivity contribution in [1.82, 2.24) is 0 Å². The van der Waals surface area contributed by atoms with Crippen LogP contribution in [0.2, 0.25) is 0 Å². The van der Waals surface area contributed by atoms with Gasteiger partial charge in [-0.25, -0.2) is 18.4 Å². The zero-order valence-electron chi connectivity index (χ0n) is 8.88. The molecule has 0 heterocycles. The first kappa shape index (κ1) is 13.2. The van der Waals surface area contributed by atoms with Crippen LogP contribution in [0.1, 0.15) is 10.4 Å². The Bertz CT molecular complexity index is 551. The van der Waals surface area contributed by atoms with Gasteiger partial charge in [-0.1, -0.05) is 12.1 Å². The highest BCUT2D eigenvalue weighted by atomic mass is 32.2. The van der Waals surface area contributed by atoms with Crippen LogP contribution in [0.5, 0.6) is 0 Å². The Morgan fingerprint density at radius 2 is 2.18 bits per heavy atom. The lowest BCUT2D eigenvalue weighted by molar-refractivity contribution is 0.0692. The largest absolute Gasteiger partial charge is 0.478 e. The summed E-state index contributed by atoms with van der Waals surface area (Å²) in [7, 11) is -4.12. The first-order valence-corrected chi connectivity index (χ1v) is 6.16. The second-order valence-corrected chi connectivity index (χ2v) is 4.70. The monoisotopic (exact) mass is 256 g/mol. The molecule has 1 aromatic carbocycles. The van der Waals surface area contributed by atoms with Crippen molar-refractivity contribution >= 4 is 21.7 Å². The summed E-state index contributed by atoms with van der Waals surface area (Å²) in [6, 6.07) is 4.06. The molecular weight excluding hydrogens is 244 g/mol. The number of carbonyl (C=O) groups is 1. The van der Waals surface area contributed by atoms with Crippen molar-refractivity contribution in [1.29, 1.82) is 0 Å². The van der Waals surface area contributed by atoms with Crippen LogP contribution in [0.4, 0.5) is 5.69 Å². The molecule has 0 fully saturated rings. The number of nitrogens with one attached hydrogen (secondary N) is 1. The lowest BCUT2D eigenvalue weighted by atomic mass is 10.2. The quantitative estimate of drug-likeness (QED) is 0.669. The van der Waals surface area contributed by atoms with E-state index in [1.807, 2.05) is 0 Å². The summed E-state index contributed by atoms with van der Waals surface area (Å²) >= 11 is 0. The highest BCUT2D eigenvalue weighted by Gasteiger charge is 2.22. The number of rotatable bonds is 5. The van der Waals surface area contributed by atoms with Gasteiger partial charge >= 0.3 is 5.97 Å². The van der Waals surface area contributed by atoms with E-state index in [0.29, 0.717) is 6.54 Å². The van der Waals surface area contributed by atoms with Gasteiger partial charge in [-0.2, -0.15) is 0 Å². The summed E-state index contributed by atoms with van der Waals surface area (Å²) in [6.45, 7) is 3.76. The number of nitrogens with two attached hydrogens (primary N) is 1. The second-order valence-electron chi connectivity index (χ2n) is 3.20. The molecule has 1 aromatic rings. The normalized spacial score (nSPS) is 10.9. The number of aromatic carboxylic acids is 1. The number of benzene rings is 1. The average Bonchev–Trinajstić information content (AvgIpc) is 2.24. The predicted molar refractivity (Wildman–Crippen MR) is 63.5 cm³/mol. The Labute approximate surface area is 98.8 Å². The Balaban J connectivity index is 3.45. The van der Waals surface area contributed by atoms with Gasteiger partial charge in [0.1, 0.15) is 4.90 Å². The van der Waals surface area contributed by atoms with E-state index in [0.717, 1.165) is 0 Å². The fourth-order valence-corrected chi connectivity index (χ4v) is 2.24. The minimum Gasteiger partial charge on any atom is -0.478 e.